The van der Waals surface area contributed by atoms with Gasteiger partial charge in [-0.25, -0.2) is 9.59 Å². The topological polar surface area (TPSA) is 105 Å². The molecule has 9 heteroatoms. The Morgan fingerprint density at radius 2 is 1.54 bits per heavy atom. The molecule has 4 rings (SSSR count). The van der Waals surface area contributed by atoms with Crippen molar-refractivity contribution in [2.75, 3.05) is 18.5 Å². The van der Waals surface area contributed by atoms with Crippen molar-refractivity contribution in [1.82, 2.24) is 5.32 Å². The van der Waals surface area contributed by atoms with Gasteiger partial charge in [-0.15, -0.1) is 0 Å². The zero-order valence-corrected chi connectivity index (χ0v) is 18.5. The number of fused-ring (bicyclic) bond motifs is 3. The molecular weight excluding hydrogens is 458 g/mol. The Morgan fingerprint density at radius 1 is 0.914 bits per heavy atom. The second-order valence-corrected chi connectivity index (χ2v) is 8.11. The van der Waals surface area contributed by atoms with E-state index in [-0.39, 0.29) is 18.9 Å². The highest BCUT2D eigenvalue weighted by atomic mass is 19.3. The molecule has 0 aliphatic heterocycles. The third kappa shape index (κ3) is 5.46. The molecule has 0 heterocycles. The van der Waals surface area contributed by atoms with Crippen molar-refractivity contribution < 1.29 is 33.0 Å². The van der Waals surface area contributed by atoms with Crippen LogP contribution in [0.1, 0.15) is 22.6 Å². The largest absolute Gasteiger partial charge is 0.477 e. The summed E-state index contributed by atoms with van der Waals surface area (Å²) >= 11 is 0. The van der Waals surface area contributed by atoms with Gasteiger partial charge in [-0.05, 0) is 39.9 Å². The fourth-order valence-corrected chi connectivity index (χ4v) is 4.04. The number of carboxylic acid groups (broad SMARTS) is 1. The molecular formula is C26H22F2N2O5. The van der Waals surface area contributed by atoms with Crippen molar-refractivity contribution in [3.63, 3.8) is 0 Å². The van der Waals surface area contributed by atoms with Gasteiger partial charge in [0, 0.05) is 11.6 Å². The quantitative estimate of drug-likeness (QED) is 0.443. The number of rotatable bonds is 8. The summed E-state index contributed by atoms with van der Waals surface area (Å²) in [6, 6.07) is 22.2. The lowest BCUT2D eigenvalue weighted by Crippen LogP contribution is -2.42. The minimum absolute atomic E-state index is 0.0906. The van der Waals surface area contributed by atoms with E-state index in [1.165, 1.54) is 6.07 Å². The lowest BCUT2D eigenvalue weighted by atomic mass is 9.98. The number of carbonyl (C=O) groups excluding carboxylic acids is 2. The number of carbonyl (C=O) groups is 3. The molecule has 0 aromatic heterocycles. The predicted octanol–water partition coefficient (Wildman–Crippen LogP) is 4.43. The predicted molar refractivity (Wildman–Crippen MR) is 124 cm³/mol. The maximum absolute atomic E-state index is 13.1. The zero-order valence-electron chi connectivity index (χ0n) is 18.5. The third-order valence-corrected chi connectivity index (χ3v) is 5.70. The van der Waals surface area contributed by atoms with Crippen molar-refractivity contribution in [3.05, 3.63) is 89.5 Å². The molecule has 0 radical (unpaired) electrons. The summed E-state index contributed by atoms with van der Waals surface area (Å²) in [4.78, 5) is 34.8. The molecule has 35 heavy (non-hydrogen) atoms. The Bertz CT molecular complexity index is 1230. The Morgan fingerprint density at radius 3 is 2.17 bits per heavy atom. The Hall–Kier alpha value is -4.27. The lowest BCUT2D eigenvalue weighted by Gasteiger charge is -2.15. The number of alkyl halides is 2. The normalized spacial score (nSPS) is 12.4. The van der Waals surface area contributed by atoms with Crippen LogP contribution in [-0.2, 0) is 20.7 Å². The monoisotopic (exact) mass is 480 g/mol. The number of hydrogen-bond donors (Lipinski definition) is 3. The maximum Gasteiger partial charge on any atom is 0.411 e. The number of nitrogens with one attached hydrogen (secondary N) is 2. The summed E-state index contributed by atoms with van der Waals surface area (Å²) in [6.07, 6.45) is -0.940. The first-order valence-electron chi connectivity index (χ1n) is 10.8. The van der Waals surface area contributed by atoms with Crippen LogP contribution >= 0.6 is 0 Å². The Balaban J connectivity index is 1.34. The molecule has 1 aliphatic carbocycles. The Kier molecular flexibility index (Phi) is 6.77. The first-order chi connectivity index (χ1) is 16.7. The van der Waals surface area contributed by atoms with Gasteiger partial charge in [0.05, 0.1) is 13.0 Å². The Labute approximate surface area is 199 Å². The van der Waals surface area contributed by atoms with E-state index in [0.717, 1.165) is 22.3 Å². The van der Waals surface area contributed by atoms with Crippen LogP contribution in [0.5, 0.6) is 0 Å². The van der Waals surface area contributed by atoms with Crippen LogP contribution < -0.4 is 10.6 Å². The van der Waals surface area contributed by atoms with Crippen LogP contribution in [0, 0.1) is 0 Å². The number of carboxylic acids is 1. The van der Waals surface area contributed by atoms with Gasteiger partial charge in [0.25, 0.3) is 0 Å². The van der Waals surface area contributed by atoms with Gasteiger partial charge in [-0.1, -0.05) is 60.7 Å². The molecule has 0 saturated heterocycles. The van der Waals surface area contributed by atoms with Gasteiger partial charge in [0.1, 0.15) is 6.61 Å². The van der Waals surface area contributed by atoms with Gasteiger partial charge in [0.15, 0.2) is 0 Å². The molecule has 0 unspecified atom stereocenters. The van der Waals surface area contributed by atoms with E-state index in [4.69, 9.17) is 9.84 Å². The first kappa shape index (κ1) is 23.9. The molecule has 3 N–H and O–H groups in total. The molecule has 3 aromatic carbocycles. The van der Waals surface area contributed by atoms with E-state index < -0.39 is 30.4 Å². The van der Waals surface area contributed by atoms with Gasteiger partial charge in [-0.3, -0.25) is 10.1 Å². The number of ether oxygens (including phenoxy) is 1. The molecule has 7 nitrogen and oxygen atoms in total. The third-order valence-electron chi connectivity index (χ3n) is 5.70. The molecule has 0 fully saturated rings. The molecule has 0 bridgehead atoms. The van der Waals surface area contributed by atoms with Crippen molar-refractivity contribution in [2.24, 2.45) is 0 Å². The van der Waals surface area contributed by atoms with Crippen LogP contribution in [0.4, 0.5) is 19.3 Å². The summed E-state index contributed by atoms with van der Waals surface area (Å²) in [6.45, 7) is -1.17. The van der Waals surface area contributed by atoms with Crippen molar-refractivity contribution in [2.45, 2.75) is 18.3 Å². The minimum atomic E-state index is -4.05. The average molecular weight is 480 g/mol. The smallest absolute Gasteiger partial charge is 0.411 e. The van der Waals surface area contributed by atoms with E-state index in [2.05, 4.69) is 5.32 Å². The van der Waals surface area contributed by atoms with Gasteiger partial charge in [-0.2, -0.15) is 8.78 Å². The van der Waals surface area contributed by atoms with Crippen LogP contribution in [0.3, 0.4) is 0 Å². The SMILES string of the molecule is O=C(Cc1cccc(NC(=O)OCC2c3ccccc3-c3ccccc32)c1)NCC(F)(F)C(=O)O. The van der Waals surface area contributed by atoms with Gasteiger partial charge in [0.2, 0.25) is 5.91 Å². The summed E-state index contributed by atoms with van der Waals surface area (Å²) in [5.74, 6) is -7.23. The number of amides is 2. The number of hydrogen-bond acceptors (Lipinski definition) is 4. The second kappa shape index (κ2) is 9.92. The number of anilines is 1. The minimum Gasteiger partial charge on any atom is -0.477 e. The van der Waals surface area contributed by atoms with Crippen LogP contribution in [0.2, 0.25) is 0 Å². The fourth-order valence-electron chi connectivity index (χ4n) is 4.04. The van der Waals surface area contributed by atoms with Crippen LogP contribution in [-0.4, -0.2) is 42.2 Å². The number of benzene rings is 3. The fraction of sp³-hybridized carbons (Fsp3) is 0.192. The van der Waals surface area contributed by atoms with E-state index >= 15 is 0 Å². The lowest BCUT2D eigenvalue weighted by molar-refractivity contribution is -0.164. The highest BCUT2D eigenvalue weighted by molar-refractivity contribution is 5.86. The molecule has 0 saturated carbocycles. The highest BCUT2D eigenvalue weighted by Crippen LogP contribution is 2.44. The van der Waals surface area contributed by atoms with Crippen LogP contribution in [0.25, 0.3) is 11.1 Å². The summed E-state index contributed by atoms with van der Waals surface area (Å²) in [5, 5.41) is 12.9. The van der Waals surface area contributed by atoms with Crippen molar-refractivity contribution in [3.8, 4) is 11.1 Å². The van der Waals surface area contributed by atoms with Gasteiger partial charge < -0.3 is 15.2 Å². The first-order valence-corrected chi connectivity index (χ1v) is 10.8. The molecule has 2 amide bonds. The number of aliphatic carboxylic acids is 1. The average Bonchev–Trinajstić information content (AvgIpc) is 3.15. The molecule has 0 atom stereocenters. The zero-order chi connectivity index (χ0) is 25.0. The van der Waals surface area contributed by atoms with Gasteiger partial charge >= 0.3 is 18.0 Å². The molecule has 180 valence electrons. The molecule has 1 aliphatic rings. The summed E-state index contributed by atoms with van der Waals surface area (Å²) < 4.78 is 31.7. The molecule has 0 spiro atoms. The second-order valence-electron chi connectivity index (χ2n) is 8.11. The summed E-state index contributed by atoms with van der Waals surface area (Å²) in [7, 11) is 0. The highest BCUT2D eigenvalue weighted by Gasteiger charge is 2.39. The molecule has 3 aromatic rings. The van der Waals surface area contributed by atoms with Crippen molar-refractivity contribution in [1.29, 1.82) is 0 Å². The van der Waals surface area contributed by atoms with E-state index in [0.29, 0.717) is 11.3 Å². The standard InChI is InChI=1S/C26H22F2N2O5/c27-26(28,24(32)33)15-29-23(31)13-16-6-5-7-17(12-16)30-25(34)35-14-22-20-10-3-1-8-18(20)19-9-2-4-11-21(19)22/h1-12,22H,13-15H2,(H,29,31)(H,30,34)(H,32,33). The number of halogens is 2. The summed E-state index contributed by atoms with van der Waals surface area (Å²) in [5.41, 5.74) is 5.21. The maximum atomic E-state index is 13.1. The van der Waals surface area contributed by atoms with Crippen molar-refractivity contribution >= 4 is 23.7 Å². The van der Waals surface area contributed by atoms with E-state index in [1.54, 1.807) is 18.2 Å². The van der Waals surface area contributed by atoms with E-state index in [1.807, 2.05) is 53.8 Å². The van der Waals surface area contributed by atoms with Crippen LogP contribution in [0.15, 0.2) is 72.8 Å². The van der Waals surface area contributed by atoms with E-state index in [9.17, 15) is 23.2 Å².